The van der Waals surface area contributed by atoms with Gasteiger partial charge in [0.05, 0.1) is 5.41 Å². The van der Waals surface area contributed by atoms with Crippen LogP contribution in [0.3, 0.4) is 0 Å². The fourth-order valence-electron chi connectivity index (χ4n) is 0.909. The number of hydrogen-bond donors (Lipinski definition) is 0. The Morgan fingerprint density at radius 3 is 2.70 bits per heavy atom. The highest BCUT2D eigenvalue weighted by atomic mass is 79.9. The molecule has 0 aliphatic heterocycles. The van der Waals surface area contributed by atoms with Crippen LogP contribution in [0.4, 0.5) is 0 Å². The Bertz CT molecular complexity index is 207. The summed E-state index contributed by atoms with van der Waals surface area (Å²) < 4.78 is 0. The molecular formula is C9H9Br. The van der Waals surface area contributed by atoms with Crippen LogP contribution in [0, 0.1) is 17.8 Å². The first kappa shape index (κ1) is 7.63. The molecule has 1 rings (SSSR count). The van der Waals surface area contributed by atoms with Gasteiger partial charge in [0.15, 0.2) is 0 Å². The Morgan fingerprint density at radius 2 is 2.40 bits per heavy atom. The van der Waals surface area contributed by atoms with Gasteiger partial charge in [-0.1, -0.05) is 46.2 Å². The van der Waals surface area contributed by atoms with Crippen molar-refractivity contribution in [2.24, 2.45) is 5.41 Å². The number of terminal acetylenes is 1. The van der Waals surface area contributed by atoms with Crippen LogP contribution in [0.1, 0.15) is 6.42 Å². The van der Waals surface area contributed by atoms with E-state index in [1.165, 1.54) is 0 Å². The van der Waals surface area contributed by atoms with Crippen molar-refractivity contribution in [2.45, 2.75) is 6.42 Å². The Kier molecular flexibility index (Phi) is 2.34. The highest BCUT2D eigenvalue weighted by Crippen LogP contribution is 2.28. The number of allylic oxidation sites excluding steroid dienone is 4. The molecule has 1 aliphatic carbocycles. The SMILES string of the molecule is C#CC1(CBr)C=CC=CC1. The molecule has 0 fully saturated rings. The van der Waals surface area contributed by atoms with Gasteiger partial charge < -0.3 is 0 Å². The van der Waals surface area contributed by atoms with Crippen molar-refractivity contribution in [3.05, 3.63) is 24.3 Å². The van der Waals surface area contributed by atoms with Crippen molar-refractivity contribution in [2.75, 3.05) is 5.33 Å². The molecule has 0 bridgehead atoms. The molecule has 0 spiro atoms. The fourth-order valence-corrected chi connectivity index (χ4v) is 1.49. The maximum atomic E-state index is 5.38. The van der Waals surface area contributed by atoms with Crippen molar-refractivity contribution < 1.29 is 0 Å². The van der Waals surface area contributed by atoms with Gasteiger partial charge in [-0.2, -0.15) is 0 Å². The molecular weight excluding hydrogens is 188 g/mol. The number of halogens is 1. The van der Waals surface area contributed by atoms with Gasteiger partial charge in [0.25, 0.3) is 0 Å². The Labute approximate surface area is 70.1 Å². The molecule has 1 aliphatic rings. The molecule has 0 aromatic carbocycles. The summed E-state index contributed by atoms with van der Waals surface area (Å²) in [7, 11) is 0. The molecule has 0 N–H and O–H groups in total. The summed E-state index contributed by atoms with van der Waals surface area (Å²) in [4.78, 5) is 0. The standard InChI is InChI=1S/C9H9Br/c1-2-9(8-10)6-4-3-5-7-9/h1,3-6H,7-8H2. The highest BCUT2D eigenvalue weighted by Gasteiger charge is 2.21. The van der Waals surface area contributed by atoms with E-state index in [9.17, 15) is 0 Å². The first-order chi connectivity index (χ1) is 4.83. The van der Waals surface area contributed by atoms with E-state index in [0.29, 0.717) is 0 Å². The Morgan fingerprint density at radius 1 is 1.60 bits per heavy atom. The summed E-state index contributed by atoms with van der Waals surface area (Å²) in [6.45, 7) is 0. The second-order valence-electron chi connectivity index (χ2n) is 2.43. The first-order valence-corrected chi connectivity index (χ1v) is 4.33. The van der Waals surface area contributed by atoms with Crippen molar-refractivity contribution in [1.29, 1.82) is 0 Å². The molecule has 0 aromatic heterocycles. The molecule has 1 atom stereocenters. The van der Waals surface area contributed by atoms with Gasteiger partial charge in [-0.3, -0.25) is 0 Å². The third-order valence-electron chi connectivity index (χ3n) is 1.67. The second kappa shape index (κ2) is 3.07. The third kappa shape index (κ3) is 1.33. The van der Waals surface area contributed by atoms with Crippen molar-refractivity contribution >= 4 is 15.9 Å². The summed E-state index contributed by atoms with van der Waals surface area (Å²) in [6, 6.07) is 0. The van der Waals surface area contributed by atoms with E-state index in [2.05, 4.69) is 34.0 Å². The average Bonchev–Trinajstić information content (AvgIpc) is 2.06. The van der Waals surface area contributed by atoms with Crippen LogP contribution < -0.4 is 0 Å². The van der Waals surface area contributed by atoms with Crippen molar-refractivity contribution in [3.8, 4) is 12.3 Å². The summed E-state index contributed by atoms with van der Waals surface area (Å²) >= 11 is 3.40. The van der Waals surface area contributed by atoms with E-state index in [1.54, 1.807) is 0 Å². The summed E-state index contributed by atoms with van der Waals surface area (Å²) in [6.07, 6.45) is 14.5. The van der Waals surface area contributed by atoms with Crippen LogP contribution in [0.5, 0.6) is 0 Å². The Hall–Kier alpha value is -0.480. The van der Waals surface area contributed by atoms with Gasteiger partial charge in [-0.25, -0.2) is 0 Å². The van der Waals surface area contributed by atoms with Crippen molar-refractivity contribution in [1.82, 2.24) is 0 Å². The minimum absolute atomic E-state index is 0.0608. The molecule has 0 nitrogen and oxygen atoms in total. The first-order valence-electron chi connectivity index (χ1n) is 3.21. The zero-order valence-corrected chi connectivity index (χ0v) is 7.26. The van der Waals surface area contributed by atoms with E-state index in [1.807, 2.05) is 12.2 Å². The minimum Gasteiger partial charge on any atom is -0.119 e. The second-order valence-corrected chi connectivity index (χ2v) is 2.99. The van der Waals surface area contributed by atoms with Crippen LogP contribution in [0.2, 0.25) is 0 Å². The maximum Gasteiger partial charge on any atom is 0.0625 e. The largest absolute Gasteiger partial charge is 0.119 e. The topological polar surface area (TPSA) is 0 Å². The van der Waals surface area contributed by atoms with Gasteiger partial charge in [-0.15, -0.1) is 6.42 Å². The molecule has 0 saturated heterocycles. The van der Waals surface area contributed by atoms with Crippen LogP contribution in [-0.2, 0) is 0 Å². The quantitative estimate of drug-likeness (QED) is 0.447. The molecule has 0 amide bonds. The van der Waals surface area contributed by atoms with E-state index < -0.39 is 0 Å². The predicted octanol–water partition coefficient (Wildman–Crippen LogP) is 2.52. The van der Waals surface area contributed by atoms with E-state index in [-0.39, 0.29) is 5.41 Å². The normalized spacial score (nSPS) is 30.0. The zero-order chi connectivity index (χ0) is 7.45. The van der Waals surface area contributed by atoms with Crippen molar-refractivity contribution in [3.63, 3.8) is 0 Å². The van der Waals surface area contributed by atoms with Gasteiger partial charge in [0.2, 0.25) is 0 Å². The molecule has 1 heteroatoms. The van der Waals surface area contributed by atoms with E-state index in [4.69, 9.17) is 6.42 Å². The summed E-state index contributed by atoms with van der Waals surface area (Å²) in [5, 5.41) is 0.845. The average molecular weight is 197 g/mol. The van der Waals surface area contributed by atoms with Crippen LogP contribution in [-0.4, -0.2) is 5.33 Å². The van der Waals surface area contributed by atoms with Crippen LogP contribution in [0.25, 0.3) is 0 Å². The molecule has 0 saturated carbocycles. The zero-order valence-electron chi connectivity index (χ0n) is 5.68. The fraction of sp³-hybridized carbons (Fsp3) is 0.333. The van der Waals surface area contributed by atoms with Gasteiger partial charge in [0.1, 0.15) is 0 Å². The predicted molar refractivity (Wildman–Crippen MR) is 48.0 cm³/mol. The summed E-state index contributed by atoms with van der Waals surface area (Å²) in [5.74, 6) is 2.78. The lowest BCUT2D eigenvalue weighted by atomic mass is 9.85. The maximum absolute atomic E-state index is 5.38. The van der Waals surface area contributed by atoms with E-state index >= 15 is 0 Å². The smallest absolute Gasteiger partial charge is 0.0625 e. The highest BCUT2D eigenvalue weighted by molar-refractivity contribution is 9.09. The summed E-state index contributed by atoms with van der Waals surface area (Å²) in [5.41, 5.74) is -0.0608. The molecule has 1 unspecified atom stereocenters. The number of alkyl halides is 1. The minimum atomic E-state index is -0.0608. The molecule has 10 heavy (non-hydrogen) atoms. The van der Waals surface area contributed by atoms with Crippen LogP contribution >= 0.6 is 15.9 Å². The molecule has 0 aromatic rings. The van der Waals surface area contributed by atoms with Crippen LogP contribution in [0.15, 0.2) is 24.3 Å². The van der Waals surface area contributed by atoms with Gasteiger partial charge in [-0.05, 0) is 6.42 Å². The molecule has 0 heterocycles. The number of rotatable bonds is 1. The lowest BCUT2D eigenvalue weighted by Crippen LogP contribution is -2.17. The monoisotopic (exact) mass is 196 g/mol. The molecule has 52 valence electrons. The lowest BCUT2D eigenvalue weighted by Gasteiger charge is -2.21. The number of hydrogen-bond acceptors (Lipinski definition) is 0. The lowest BCUT2D eigenvalue weighted by molar-refractivity contribution is 0.599. The van der Waals surface area contributed by atoms with Gasteiger partial charge >= 0.3 is 0 Å². The van der Waals surface area contributed by atoms with E-state index in [0.717, 1.165) is 11.8 Å². The van der Waals surface area contributed by atoms with Gasteiger partial charge in [0, 0.05) is 5.33 Å². The third-order valence-corrected chi connectivity index (χ3v) is 2.67. The molecule has 0 radical (unpaired) electrons. The Balaban J connectivity index is 2.79.